The summed E-state index contributed by atoms with van der Waals surface area (Å²) in [6.45, 7) is 4.99. The molecule has 0 unspecified atom stereocenters. The topological polar surface area (TPSA) is 41.0 Å². The first-order valence-electron chi connectivity index (χ1n) is 4.63. The largest absolute Gasteiger partial charge is 0.343 e. The SMILES string of the molecule is CCNCCN(C)c1ncc(I)cn1. The summed E-state index contributed by atoms with van der Waals surface area (Å²) < 4.78 is 1.06. The molecule has 0 aromatic carbocycles. The maximum absolute atomic E-state index is 4.24. The molecule has 0 spiro atoms. The number of aromatic nitrogens is 2. The Bertz CT molecular complexity index is 262. The molecule has 14 heavy (non-hydrogen) atoms. The zero-order valence-electron chi connectivity index (χ0n) is 8.50. The first-order valence-corrected chi connectivity index (χ1v) is 5.71. The minimum Gasteiger partial charge on any atom is -0.343 e. The van der Waals surface area contributed by atoms with Gasteiger partial charge in [-0.15, -0.1) is 0 Å². The maximum atomic E-state index is 4.24. The molecular weight excluding hydrogens is 291 g/mol. The van der Waals surface area contributed by atoms with Gasteiger partial charge in [-0.3, -0.25) is 0 Å². The summed E-state index contributed by atoms with van der Waals surface area (Å²) in [7, 11) is 2.00. The molecule has 1 N–H and O–H groups in total. The zero-order chi connectivity index (χ0) is 10.4. The summed E-state index contributed by atoms with van der Waals surface area (Å²) in [4.78, 5) is 10.5. The van der Waals surface area contributed by atoms with Gasteiger partial charge in [0.25, 0.3) is 0 Å². The zero-order valence-corrected chi connectivity index (χ0v) is 10.7. The molecule has 0 bridgehead atoms. The Hall–Kier alpha value is -0.430. The van der Waals surface area contributed by atoms with E-state index < -0.39 is 0 Å². The number of anilines is 1. The second-order valence-electron chi connectivity index (χ2n) is 2.98. The molecule has 1 aromatic rings. The van der Waals surface area contributed by atoms with Crippen LogP contribution in [0.1, 0.15) is 6.92 Å². The van der Waals surface area contributed by atoms with Crippen LogP contribution in [0.5, 0.6) is 0 Å². The monoisotopic (exact) mass is 306 g/mol. The minimum absolute atomic E-state index is 0.781. The van der Waals surface area contributed by atoms with Crippen LogP contribution in [-0.2, 0) is 0 Å². The van der Waals surface area contributed by atoms with Crippen molar-refractivity contribution in [2.24, 2.45) is 0 Å². The highest BCUT2D eigenvalue weighted by molar-refractivity contribution is 14.1. The van der Waals surface area contributed by atoms with Gasteiger partial charge in [0.15, 0.2) is 0 Å². The van der Waals surface area contributed by atoms with E-state index in [1.165, 1.54) is 0 Å². The van der Waals surface area contributed by atoms with Crippen LogP contribution in [0.15, 0.2) is 12.4 Å². The van der Waals surface area contributed by atoms with Crippen LogP contribution in [0.4, 0.5) is 5.95 Å². The molecule has 0 aliphatic rings. The van der Waals surface area contributed by atoms with Crippen LogP contribution < -0.4 is 10.2 Å². The highest BCUT2D eigenvalue weighted by Crippen LogP contribution is 2.05. The average molecular weight is 306 g/mol. The lowest BCUT2D eigenvalue weighted by molar-refractivity contribution is 0.698. The molecule has 0 radical (unpaired) electrons. The second kappa shape index (κ2) is 6.13. The molecule has 78 valence electrons. The molecule has 5 heteroatoms. The average Bonchev–Trinajstić information content (AvgIpc) is 2.19. The van der Waals surface area contributed by atoms with Crippen LogP contribution in [0.25, 0.3) is 0 Å². The van der Waals surface area contributed by atoms with E-state index >= 15 is 0 Å². The van der Waals surface area contributed by atoms with Crippen LogP contribution in [0.2, 0.25) is 0 Å². The molecule has 0 atom stereocenters. The van der Waals surface area contributed by atoms with Gasteiger partial charge in [-0.05, 0) is 29.1 Å². The first kappa shape index (κ1) is 11.6. The van der Waals surface area contributed by atoms with Gasteiger partial charge in [0.2, 0.25) is 5.95 Å². The molecule has 1 rings (SSSR count). The van der Waals surface area contributed by atoms with Crippen molar-refractivity contribution in [3.05, 3.63) is 16.0 Å². The summed E-state index contributed by atoms with van der Waals surface area (Å²) in [5.41, 5.74) is 0. The molecule has 1 aromatic heterocycles. The number of rotatable bonds is 5. The molecule has 1 heterocycles. The fourth-order valence-corrected chi connectivity index (χ4v) is 1.30. The number of halogens is 1. The third kappa shape index (κ3) is 3.75. The highest BCUT2D eigenvalue weighted by Gasteiger charge is 2.02. The van der Waals surface area contributed by atoms with Crippen molar-refractivity contribution >= 4 is 28.5 Å². The van der Waals surface area contributed by atoms with Crippen molar-refractivity contribution in [2.75, 3.05) is 31.6 Å². The van der Waals surface area contributed by atoms with Crippen molar-refractivity contribution < 1.29 is 0 Å². The van der Waals surface area contributed by atoms with E-state index in [2.05, 4.69) is 44.8 Å². The lowest BCUT2D eigenvalue weighted by Gasteiger charge is -2.16. The fraction of sp³-hybridized carbons (Fsp3) is 0.556. The van der Waals surface area contributed by atoms with E-state index in [9.17, 15) is 0 Å². The standard InChI is InChI=1S/C9H15IN4/c1-3-11-4-5-14(2)9-12-6-8(10)7-13-9/h6-7,11H,3-5H2,1-2H3. The van der Waals surface area contributed by atoms with Crippen LogP contribution in [0.3, 0.4) is 0 Å². The second-order valence-corrected chi connectivity index (χ2v) is 4.22. The van der Waals surface area contributed by atoms with Gasteiger partial charge in [-0.25, -0.2) is 9.97 Å². The summed E-state index contributed by atoms with van der Waals surface area (Å²) >= 11 is 2.20. The molecule has 0 amide bonds. The van der Waals surface area contributed by atoms with Gasteiger partial charge < -0.3 is 10.2 Å². The number of likely N-dealkylation sites (N-methyl/N-ethyl adjacent to an activating group) is 2. The predicted molar refractivity (Wildman–Crippen MR) is 66.6 cm³/mol. The van der Waals surface area contributed by atoms with Crippen molar-refractivity contribution in [1.82, 2.24) is 15.3 Å². The molecular formula is C9H15IN4. The van der Waals surface area contributed by atoms with E-state index in [1.807, 2.05) is 24.3 Å². The van der Waals surface area contributed by atoms with Gasteiger partial charge in [0.1, 0.15) is 0 Å². The smallest absolute Gasteiger partial charge is 0.225 e. The highest BCUT2D eigenvalue weighted by atomic mass is 127. The molecule has 0 aliphatic heterocycles. The Balaban J connectivity index is 2.43. The third-order valence-electron chi connectivity index (χ3n) is 1.82. The van der Waals surface area contributed by atoms with Crippen molar-refractivity contribution in [1.29, 1.82) is 0 Å². The first-order chi connectivity index (χ1) is 6.74. The molecule has 4 nitrogen and oxygen atoms in total. The Morgan fingerprint density at radius 3 is 2.64 bits per heavy atom. The van der Waals surface area contributed by atoms with Crippen molar-refractivity contribution in [3.63, 3.8) is 0 Å². The van der Waals surface area contributed by atoms with E-state index in [-0.39, 0.29) is 0 Å². The lowest BCUT2D eigenvalue weighted by atomic mass is 10.5. The Morgan fingerprint density at radius 1 is 1.43 bits per heavy atom. The quantitative estimate of drug-likeness (QED) is 0.654. The lowest BCUT2D eigenvalue weighted by Crippen LogP contribution is -2.30. The van der Waals surface area contributed by atoms with E-state index in [1.54, 1.807) is 0 Å². The normalized spacial score (nSPS) is 10.2. The van der Waals surface area contributed by atoms with Crippen LogP contribution in [0, 0.1) is 3.57 Å². The molecule has 0 saturated heterocycles. The number of hydrogen-bond donors (Lipinski definition) is 1. The summed E-state index contributed by atoms with van der Waals surface area (Å²) in [6, 6.07) is 0. The van der Waals surface area contributed by atoms with Crippen LogP contribution >= 0.6 is 22.6 Å². The molecule has 0 aliphatic carbocycles. The van der Waals surface area contributed by atoms with E-state index in [4.69, 9.17) is 0 Å². The fourth-order valence-electron chi connectivity index (χ4n) is 1.03. The van der Waals surface area contributed by atoms with Gasteiger partial charge in [-0.2, -0.15) is 0 Å². The van der Waals surface area contributed by atoms with Gasteiger partial charge in [0, 0.05) is 36.1 Å². The number of nitrogens with zero attached hydrogens (tertiary/aromatic N) is 3. The number of hydrogen-bond acceptors (Lipinski definition) is 4. The Kier molecular flexibility index (Phi) is 5.10. The van der Waals surface area contributed by atoms with E-state index in [0.29, 0.717) is 0 Å². The van der Waals surface area contributed by atoms with Crippen LogP contribution in [-0.4, -0.2) is 36.6 Å². The van der Waals surface area contributed by atoms with E-state index in [0.717, 1.165) is 29.2 Å². The Labute approximate surface area is 98.3 Å². The van der Waals surface area contributed by atoms with Gasteiger partial charge in [0.05, 0.1) is 0 Å². The van der Waals surface area contributed by atoms with Crippen molar-refractivity contribution in [3.8, 4) is 0 Å². The minimum atomic E-state index is 0.781. The Morgan fingerprint density at radius 2 is 2.07 bits per heavy atom. The summed E-state index contributed by atoms with van der Waals surface area (Å²) in [6.07, 6.45) is 3.65. The van der Waals surface area contributed by atoms with Gasteiger partial charge >= 0.3 is 0 Å². The summed E-state index contributed by atoms with van der Waals surface area (Å²) in [5, 5.41) is 3.26. The maximum Gasteiger partial charge on any atom is 0.225 e. The molecule has 0 fully saturated rings. The number of nitrogens with one attached hydrogen (secondary N) is 1. The summed E-state index contributed by atoms with van der Waals surface area (Å²) in [5.74, 6) is 0.781. The molecule has 0 saturated carbocycles. The van der Waals surface area contributed by atoms with Crippen molar-refractivity contribution in [2.45, 2.75) is 6.92 Å². The third-order valence-corrected chi connectivity index (χ3v) is 2.38. The van der Waals surface area contributed by atoms with Gasteiger partial charge in [-0.1, -0.05) is 6.92 Å². The predicted octanol–water partition coefficient (Wildman–Crippen LogP) is 1.13.